The SMILES string of the molecule is CCN(CC)CCNC(=O)c1ccc(NC(=S)NC(=O)c2ccc(C)c(I)c2)cc1. The lowest BCUT2D eigenvalue weighted by molar-refractivity contribution is 0.0947. The minimum absolute atomic E-state index is 0.112. The Bertz CT molecular complexity index is 899. The monoisotopic (exact) mass is 538 g/mol. The zero-order chi connectivity index (χ0) is 22.1. The van der Waals surface area contributed by atoms with Gasteiger partial charge in [-0.3, -0.25) is 14.9 Å². The zero-order valence-electron chi connectivity index (χ0n) is 17.4. The molecule has 0 spiro atoms. The number of hydrogen-bond acceptors (Lipinski definition) is 4. The van der Waals surface area contributed by atoms with Gasteiger partial charge in [0, 0.05) is 33.5 Å². The molecule has 0 unspecified atom stereocenters. The second-order valence-corrected chi connectivity index (χ2v) is 8.30. The first-order valence-electron chi connectivity index (χ1n) is 9.83. The summed E-state index contributed by atoms with van der Waals surface area (Å²) in [6, 6.07) is 12.5. The van der Waals surface area contributed by atoms with Crippen LogP contribution in [0.25, 0.3) is 0 Å². The lowest BCUT2D eigenvalue weighted by atomic mass is 10.1. The van der Waals surface area contributed by atoms with Gasteiger partial charge in [0.15, 0.2) is 5.11 Å². The Morgan fingerprint density at radius 3 is 2.23 bits per heavy atom. The van der Waals surface area contributed by atoms with Crippen LogP contribution in [0, 0.1) is 10.5 Å². The largest absolute Gasteiger partial charge is 0.351 e. The summed E-state index contributed by atoms with van der Waals surface area (Å²) >= 11 is 7.43. The van der Waals surface area contributed by atoms with Crippen LogP contribution in [0.15, 0.2) is 42.5 Å². The topological polar surface area (TPSA) is 73.5 Å². The summed E-state index contributed by atoms with van der Waals surface area (Å²) in [6.07, 6.45) is 0. The van der Waals surface area contributed by atoms with E-state index in [1.165, 1.54) is 0 Å². The maximum Gasteiger partial charge on any atom is 0.257 e. The Balaban J connectivity index is 1.85. The minimum atomic E-state index is -0.269. The van der Waals surface area contributed by atoms with Crippen LogP contribution in [0.4, 0.5) is 5.69 Å². The van der Waals surface area contributed by atoms with Crippen LogP contribution in [0.1, 0.15) is 40.1 Å². The molecular weight excluding hydrogens is 511 g/mol. The van der Waals surface area contributed by atoms with Gasteiger partial charge in [0.05, 0.1) is 0 Å². The van der Waals surface area contributed by atoms with Gasteiger partial charge >= 0.3 is 0 Å². The van der Waals surface area contributed by atoms with Gasteiger partial charge in [-0.25, -0.2) is 0 Å². The summed E-state index contributed by atoms with van der Waals surface area (Å²) in [7, 11) is 0. The van der Waals surface area contributed by atoms with Gasteiger partial charge in [0.1, 0.15) is 0 Å². The Morgan fingerprint density at radius 2 is 1.63 bits per heavy atom. The number of amides is 2. The van der Waals surface area contributed by atoms with E-state index in [0.717, 1.165) is 28.8 Å². The van der Waals surface area contributed by atoms with Gasteiger partial charge in [-0.2, -0.15) is 0 Å². The average molecular weight is 538 g/mol. The Labute approximate surface area is 196 Å². The highest BCUT2D eigenvalue weighted by atomic mass is 127. The summed E-state index contributed by atoms with van der Waals surface area (Å²) in [5.74, 6) is -0.381. The predicted octanol–water partition coefficient (Wildman–Crippen LogP) is 3.80. The van der Waals surface area contributed by atoms with Crippen LogP contribution in [0.2, 0.25) is 0 Å². The minimum Gasteiger partial charge on any atom is -0.351 e. The van der Waals surface area contributed by atoms with Gasteiger partial charge < -0.3 is 15.5 Å². The van der Waals surface area contributed by atoms with Gasteiger partial charge in [-0.15, -0.1) is 0 Å². The molecule has 6 nitrogen and oxygen atoms in total. The lowest BCUT2D eigenvalue weighted by Crippen LogP contribution is -2.35. The number of nitrogens with one attached hydrogen (secondary N) is 3. The molecule has 0 aliphatic carbocycles. The van der Waals surface area contributed by atoms with Crippen LogP contribution < -0.4 is 16.0 Å². The second kappa shape index (κ2) is 12.0. The lowest BCUT2D eigenvalue weighted by Gasteiger charge is -2.18. The van der Waals surface area contributed by atoms with Crippen LogP contribution >= 0.6 is 34.8 Å². The molecule has 8 heteroatoms. The van der Waals surface area contributed by atoms with Crippen molar-refractivity contribution in [3.05, 3.63) is 62.7 Å². The highest BCUT2D eigenvalue weighted by Gasteiger charge is 2.10. The predicted molar refractivity (Wildman–Crippen MR) is 134 cm³/mol. The van der Waals surface area contributed by atoms with Crippen molar-refractivity contribution in [2.75, 3.05) is 31.5 Å². The molecule has 3 N–H and O–H groups in total. The third kappa shape index (κ3) is 7.33. The molecule has 0 aliphatic heterocycles. The van der Waals surface area contributed by atoms with Crippen molar-refractivity contribution in [2.24, 2.45) is 0 Å². The molecular formula is C22H27IN4O2S. The van der Waals surface area contributed by atoms with Crippen LogP contribution in [0.3, 0.4) is 0 Å². The quantitative estimate of drug-likeness (QED) is 0.353. The number of hydrogen-bond donors (Lipinski definition) is 3. The van der Waals surface area contributed by atoms with Gasteiger partial charge in [0.2, 0.25) is 0 Å². The maximum atomic E-state index is 12.3. The summed E-state index contributed by atoms with van der Waals surface area (Å²) in [5.41, 5.74) is 2.93. The summed E-state index contributed by atoms with van der Waals surface area (Å²) in [6.45, 7) is 9.56. The molecule has 0 saturated heterocycles. The van der Waals surface area contributed by atoms with Crippen LogP contribution in [0.5, 0.6) is 0 Å². The van der Waals surface area contributed by atoms with Crippen LogP contribution in [-0.4, -0.2) is 48.0 Å². The number of likely N-dealkylation sites (N-methyl/N-ethyl adjacent to an activating group) is 1. The molecule has 0 heterocycles. The van der Waals surface area contributed by atoms with E-state index >= 15 is 0 Å². The average Bonchev–Trinajstić information content (AvgIpc) is 2.73. The zero-order valence-corrected chi connectivity index (χ0v) is 20.4. The number of rotatable bonds is 8. The second-order valence-electron chi connectivity index (χ2n) is 6.73. The number of carbonyl (C=O) groups is 2. The molecule has 0 radical (unpaired) electrons. The first kappa shape index (κ1) is 24.2. The highest BCUT2D eigenvalue weighted by molar-refractivity contribution is 14.1. The standard InChI is InChI=1S/C22H27IN4O2S/c1-4-27(5-2)13-12-24-20(28)16-8-10-18(11-9-16)25-22(30)26-21(29)17-7-6-15(3)19(23)14-17/h6-11,14H,4-5,12-13H2,1-3H3,(H,24,28)(H2,25,26,29,30). The van der Waals surface area contributed by atoms with Gasteiger partial charge in [-0.05, 0) is 96.8 Å². The fraction of sp³-hybridized carbons (Fsp3) is 0.318. The normalized spacial score (nSPS) is 10.6. The molecule has 30 heavy (non-hydrogen) atoms. The molecule has 2 aromatic rings. The van der Waals surface area contributed by atoms with E-state index in [-0.39, 0.29) is 16.9 Å². The molecule has 0 atom stereocenters. The van der Waals surface area contributed by atoms with Crippen molar-refractivity contribution >= 4 is 57.4 Å². The molecule has 0 aliphatic rings. The summed E-state index contributed by atoms with van der Waals surface area (Å²) in [4.78, 5) is 26.9. The Morgan fingerprint density at radius 1 is 1.00 bits per heavy atom. The first-order chi connectivity index (χ1) is 14.3. The number of halogens is 1. The van der Waals surface area contributed by atoms with Crippen molar-refractivity contribution < 1.29 is 9.59 Å². The van der Waals surface area contributed by atoms with E-state index in [1.807, 2.05) is 19.1 Å². The van der Waals surface area contributed by atoms with E-state index in [4.69, 9.17) is 12.2 Å². The molecule has 0 bridgehead atoms. The number of anilines is 1. The third-order valence-corrected chi connectivity index (χ3v) is 6.04. The fourth-order valence-corrected chi connectivity index (χ4v) is 3.47. The molecule has 2 amide bonds. The molecule has 0 saturated carbocycles. The van der Waals surface area contributed by atoms with Crippen molar-refractivity contribution in [1.82, 2.24) is 15.5 Å². The van der Waals surface area contributed by atoms with Gasteiger partial charge in [0.25, 0.3) is 11.8 Å². The van der Waals surface area contributed by atoms with Crippen molar-refractivity contribution in [1.29, 1.82) is 0 Å². The van der Waals surface area contributed by atoms with E-state index < -0.39 is 0 Å². The Kier molecular flexibility index (Phi) is 9.67. The van der Waals surface area contributed by atoms with E-state index in [1.54, 1.807) is 30.3 Å². The number of aryl methyl sites for hydroxylation is 1. The Hall–Kier alpha value is -2.04. The summed E-state index contributed by atoms with van der Waals surface area (Å²) in [5, 5.41) is 8.77. The third-order valence-electron chi connectivity index (χ3n) is 4.67. The van der Waals surface area contributed by atoms with E-state index in [2.05, 4.69) is 57.3 Å². The molecule has 0 aromatic heterocycles. The van der Waals surface area contributed by atoms with Gasteiger partial charge in [-0.1, -0.05) is 19.9 Å². The molecule has 2 rings (SSSR count). The maximum absolute atomic E-state index is 12.3. The number of carbonyl (C=O) groups excluding carboxylic acids is 2. The molecule has 160 valence electrons. The van der Waals surface area contributed by atoms with Crippen LogP contribution in [-0.2, 0) is 0 Å². The smallest absolute Gasteiger partial charge is 0.257 e. The van der Waals surface area contributed by atoms with E-state index in [9.17, 15) is 9.59 Å². The van der Waals surface area contributed by atoms with E-state index in [0.29, 0.717) is 23.4 Å². The highest BCUT2D eigenvalue weighted by Crippen LogP contribution is 2.14. The molecule has 2 aromatic carbocycles. The number of nitrogens with zero attached hydrogens (tertiary/aromatic N) is 1. The molecule has 0 fully saturated rings. The number of thiocarbonyl (C=S) groups is 1. The fourth-order valence-electron chi connectivity index (χ4n) is 2.75. The first-order valence-corrected chi connectivity index (χ1v) is 11.3. The summed E-state index contributed by atoms with van der Waals surface area (Å²) < 4.78 is 1.02. The van der Waals surface area contributed by atoms with Crippen molar-refractivity contribution in [3.8, 4) is 0 Å². The number of benzene rings is 2. The van der Waals surface area contributed by atoms with Crippen molar-refractivity contribution in [3.63, 3.8) is 0 Å². The van der Waals surface area contributed by atoms with Crippen molar-refractivity contribution in [2.45, 2.75) is 20.8 Å².